The van der Waals surface area contributed by atoms with E-state index in [1.165, 1.54) is 19.1 Å². The number of hydrogen-bond donors (Lipinski definition) is 2. The number of aliphatic hydroxyl groups is 2. The van der Waals surface area contributed by atoms with Gasteiger partial charge in [0.05, 0.1) is 6.10 Å². The fourth-order valence-corrected chi connectivity index (χ4v) is 7.35. The molecular weight excluding hydrogens is 403 g/mol. The van der Waals surface area contributed by atoms with Crippen LogP contribution in [0.15, 0.2) is 23.8 Å². The van der Waals surface area contributed by atoms with Gasteiger partial charge in [-0.15, -0.1) is 0 Å². The summed E-state index contributed by atoms with van der Waals surface area (Å²) in [6, 6.07) is 0. The lowest BCUT2D eigenvalue weighted by Gasteiger charge is -2.63. The van der Waals surface area contributed by atoms with Gasteiger partial charge in [-0.05, 0) is 56.6 Å². The van der Waals surface area contributed by atoms with Crippen molar-refractivity contribution in [3.63, 3.8) is 0 Å². The van der Waals surface area contributed by atoms with Crippen LogP contribution < -0.4 is 0 Å². The van der Waals surface area contributed by atoms with E-state index < -0.39 is 52.5 Å². The Morgan fingerprint density at radius 3 is 2.61 bits per heavy atom. The molecule has 0 heterocycles. The average Bonchev–Trinajstić information content (AvgIpc) is 2.96. The highest BCUT2D eigenvalue weighted by molar-refractivity contribution is 6.01. The Labute approximate surface area is 181 Å². The van der Waals surface area contributed by atoms with Crippen molar-refractivity contribution in [2.75, 3.05) is 6.61 Å². The summed E-state index contributed by atoms with van der Waals surface area (Å²) in [6.45, 7) is 6.10. The highest BCUT2D eigenvalue weighted by atomic mass is 19.1. The lowest BCUT2D eigenvalue weighted by atomic mass is 9.43. The van der Waals surface area contributed by atoms with Crippen molar-refractivity contribution in [2.45, 2.75) is 70.8 Å². The molecule has 6 nitrogen and oxygen atoms in total. The number of allylic oxidation sites excluding steroid dienone is 4. The maximum Gasteiger partial charge on any atom is 0.303 e. The normalized spacial score (nSPS) is 48.4. The number of ether oxygens (including phenoxy) is 1. The molecule has 3 fully saturated rings. The Hall–Kier alpha value is -1.86. The van der Waals surface area contributed by atoms with Crippen LogP contribution in [-0.4, -0.2) is 51.7 Å². The molecule has 0 bridgehead atoms. The molecular formula is C24H31FO6. The van der Waals surface area contributed by atoms with Crippen molar-refractivity contribution in [1.82, 2.24) is 0 Å². The first-order valence-electron chi connectivity index (χ1n) is 11.0. The summed E-state index contributed by atoms with van der Waals surface area (Å²) in [7, 11) is 0. The van der Waals surface area contributed by atoms with Crippen LogP contribution in [-0.2, 0) is 19.1 Å². The van der Waals surface area contributed by atoms with E-state index >= 15 is 4.39 Å². The molecule has 7 heteroatoms. The smallest absolute Gasteiger partial charge is 0.303 e. The van der Waals surface area contributed by atoms with E-state index in [-0.39, 0.29) is 30.5 Å². The van der Waals surface area contributed by atoms with E-state index in [0.717, 1.165) is 0 Å². The number of esters is 1. The summed E-state index contributed by atoms with van der Waals surface area (Å²) >= 11 is 0. The second-order valence-electron chi connectivity index (χ2n) is 10.4. The van der Waals surface area contributed by atoms with Gasteiger partial charge in [-0.2, -0.15) is 0 Å². The SMILES string of the molecule is CC(=O)OCC(=O)[C@@]1(O)CC[C@H]2[C@@H]3C[C@@H](C)C4=CC(=O)C=C[C@]4(C)[C@@]3(F)[C@@H](O)C[C@@]21C. The summed E-state index contributed by atoms with van der Waals surface area (Å²) < 4.78 is 21.9. The zero-order valence-electron chi connectivity index (χ0n) is 18.5. The molecule has 0 spiro atoms. The highest BCUT2D eigenvalue weighted by Gasteiger charge is 2.74. The number of rotatable bonds is 3. The van der Waals surface area contributed by atoms with Gasteiger partial charge in [0, 0.05) is 23.7 Å². The first kappa shape index (κ1) is 22.3. The molecule has 0 aromatic heterocycles. The number of Topliss-reactive ketones (excluding diaryl/α,β-unsaturated/α-hetero) is 1. The van der Waals surface area contributed by atoms with Crippen LogP contribution in [0.2, 0.25) is 0 Å². The van der Waals surface area contributed by atoms with Crippen molar-refractivity contribution in [1.29, 1.82) is 0 Å². The third-order valence-electron chi connectivity index (χ3n) is 8.99. The predicted octanol–water partition coefficient (Wildman–Crippen LogP) is 2.47. The molecule has 0 aromatic carbocycles. The quantitative estimate of drug-likeness (QED) is 0.662. The van der Waals surface area contributed by atoms with E-state index in [1.54, 1.807) is 19.9 Å². The van der Waals surface area contributed by atoms with Crippen LogP contribution in [0, 0.1) is 28.6 Å². The van der Waals surface area contributed by atoms with Crippen LogP contribution >= 0.6 is 0 Å². The Morgan fingerprint density at radius 1 is 1.29 bits per heavy atom. The fourth-order valence-electron chi connectivity index (χ4n) is 7.35. The van der Waals surface area contributed by atoms with Gasteiger partial charge in [0.1, 0.15) is 5.60 Å². The van der Waals surface area contributed by atoms with Gasteiger partial charge in [-0.3, -0.25) is 14.4 Å². The molecule has 0 aromatic rings. The zero-order chi connectivity index (χ0) is 23.0. The molecule has 3 saturated carbocycles. The second-order valence-corrected chi connectivity index (χ2v) is 10.4. The third-order valence-corrected chi connectivity index (χ3v) is 8.99. The Morgan fingerprint density at radius 2 is 1.97 bits per heavy atom. The minimum absolute atomic E-state index is 0.0761. The number of carbonyl (C=O) groups excluding carboxylic acids is 3. The van der Waals surface area contributed by atoms with Gasteiger partial charge in [0.2, 0.25) is 5.78 Å². The van der Waals surface area contributed by atoms with Crippen molar-refractivity contribution < 1.29 is 33.7 Å². The molecule has 0 unspecified atom stereocenters. The lowest BCUT2D eigenvalue weighted by molar-refractivity contribution is -0.221. The number of carbonyl (C=O) groups is 3. The molecule has 2 N–H and O–H groups in total. The minimum Gasteiger partial charge on any atom is -0.458 e. The molecule has 4 aliphatic rings. The molecule has 0 amide bonds. The van der Waals surface area contributed by atoms with Crippen LogP contribution in [0.5, 0.6) is 0 Å². The number of halogens is 1. The summed E-state index contributed by atoms with van der Waals surface area (Å²) in [5.41, 5.74) is -5.30. The van der Waals surface area contributed by atoms with Gasteiger partial charge < -0.3 is 14.9 Å². The predicted molar refractivity (Wildman–Crippen MR) is 109 cm³/mol. The van der Waals surface area contributed by atoms with Crippen molar-refractivity contribution in [2.24, 2.45) is 28.6 Å². The Bertz CT molecular complexity index is 910. The van der Waals surface area contributed by atoms with Gasteiger partial charge in [-0.25, -0.2) is 4.39 Å². The van der Waals surface area contributed by atoms with Crippen LogP contribution in [0.1, 0.15) is 53.4 Å². The largest absolute Gasteiger partial charge is 0.458 e. The third kappa shape index (κ3) is 2.72. The van der Waals surface area contributed by atoms with Crippen LogP contribution in [0.25, 0.3) is 0 Å². The molecule has 8 atom stereocenters. The fraction of sp³-hybridized carbons (Fsp3) is 0.708. The summed E-state index contributed by atoms with van der Waals surface area (Å²) in [5.74, 6) is -2.40. The summed E-state index contributed by atoms with van der Waals surface area (Å²) in [4.78, 5) is 36.1. The van der Waals surface area contributed by atoms with E-state index in [2.05, 4.69) is 0 Å². The topological polar surface area (TPSA) is 101 Å². The first-order valence-corrected chi connectivity index (χ1v) is 11.0. The van der Waals surface area contributed by atoms with Crippen LogP contribution in [0.3, 0.4) is 0 Å². The number of hydrogen-bond acceptors (Lipinski definition) is 6. The maximum absolute atomic E-state index is 17.1. The molecule has 4 rings (SSSR count). The van der Waals surface area contributed by atoms with E-state index in [0.29, 0.717) is 18.4 Å². The lowest BCUT2D eigenvalue weighted by Crippen LogP contribution is -2.70. The number of aliphatic hydroxyl groups excluding tert-OH is 1. The van der Waals surface area contributed by atoms with Gasteiger partial charge in [0.25, 0.3) is 0 Å². The summed E-state index contributed by atoms with van der Waals surface area (Å²) in [5, 5.41) is 22.7. The van der Waals surface area contributed by atoms with Crippen molar-refractivity contribution >= 4 is 17.5 Å². The van der Waals surface area contributed by atoms with Crippen LogP contribution in [0.4, 0.5) is 4.39 Å². The number of ketones is 2. The number of fused-ring (bicyclic) bond motifs is 5. The first-order chi connectivity index (χ1) is 14.3. The highest BCUT2D eigenvalue weighted by Crippen LogP contribution is 2.70. The maximum atomic E-state index is 17.1. The van der Waals surface area contributed by atoms with Gasteiger partial charge in [0.15, 0.2) is 18.1 Å². The molecule has 170 valence electrons. The molecule has 31 heavy (non-hydrogen) atoms. The molecule has 0 radical (unpaired) electrons. The molecule has 4 aliphatic carbocycles. The van der Waals surface area contributed by atoms with E-state index in [4.69, 9.17) is 4.74 Å². The zero-order valence-corrected chi connectivity index (χ0v) is 18.5. The Kier molecular flexibility index (Phi) is 4.91. The molecule has 0 aliphatic heterocycles. The second kappa shape index (κ2) is 6.82. The van der Waals surface area contributed by atoms with Crippen molar-refractivity contribution in [3.8, 4) is 0 Å². The van der Waals surface area contributed by atoms with E-state index in [1.807, 2.05) is 6.92 Å². The standard InChI is InChI=1S/C24H31FO6/c1-13-9-18-16-6-8-23(30,20(29)12-31-14(2)26)22(16,4)11-19(28)24(18,25)21(3)7-5-15(27)10-17(13)21/h5,7,10,13,16,18-19,28,30H,6,8-9,11-12H2,1-4H3/t13-,16+,18+,19+,21+,22+,23+,24+/m1/s1. The van der Waals surface area contributed by atoms with E-state index in [9.17, 15) is 24.6 Å². The van der Waals surface area contributed by atoms with Gasteiger partial charge >= 0.3 is 5.97 Å². The Balaban J connectivity index is 1.75. The minimum atomic E-state index is -2.02. The summed E-state index contributed by atoms with van der Waals surface area (Å²) in [6.07, 6.45) is 3.93. The monoisotopic (exact) mass is 434 g/mol. The molecule has 0 saturated heterocycles. The van der Waals surface area contributed by atoms with Gasteiger partial charge in [-0.1, -0.05) is 25.5 Å². The van der Waals surface area contributed by atoms with Crippen molar-refractivity contribution in [3.05, 3.63) is 23.8 Å². The number of alkyl halides is 1. The average molecular weight is 435 g/mol.